The van der Waals surface area contributed by atoms with Crippen LogP contribution in [0.4, 0.5) is 0 Å². The first kappa shape index (κ1) is 24.9. The fourth-order valence-electron chi connectivity index (χ4n) is 5.84. The van der Waals surface area contributed by atoms with Gasteiger partial charge in [-0.05, 0) is 31.5 Å². The molecule has 3 aliphatic carbocycles. The highest BCUT2D eigenvalue weighted by Crippen LogP contribution is 2.52. The molecule has 0 saturated heterocycles. The minimum atomic E-state index is -2.90. The Morgan fingerprint density at radius 3 is 2.26 bits per heavy atom. The number of ketones is 2. The average molecular weight is 487 g/mol. The fourth-order valence-corrected chi connectivity index (χ4v) is 5.84. The highest BCUT2D eigenvalue weighted by Gasteiger charge is 2.66. The first-order chi connectivity index (χ1) is 16.1. The zero-order chi connectivity index (χ0) is 26.4. The summed E-state index contributed by atoms with van der Waals surface area (Å²) in [5, 5.41) is 56.0. The number of nitrogens with zero attached hydrogens (tertiary/aromatic N) is 1. The number of hydrogen-bond donors (Lipinski definition) is 6. The highest BCUT2D eigenvalue weighted by atomic mass is 16.4. The van der Waals surface area contributed by atoms with Gasteiger partial charge in [-0.2, -0.15) is 0 Å². The van der Waals surface area contributed by atoms with E-state index >= 15 is 0 Å². The predicted octanol–water partition coefficient (Wildman–Crippen LogP) is 0.389. The molecule has 188 valence electrons. The van der Waals surface area contributed by atoms with Crippen LogP contribution < -0.4 is 5.73 Å². The second-order valence-electron chi connectivity index (χ2n) is 10.8. The van der Waals surface area contributed by atoms with E-state index in [0.29, 0.717) is 11.1 Å². The van der Waals surface area contributed by atoms with E-state index in [2.05, 4.69) is 0 Å². The Balaban J connectivity index is 2.01. The molecule has 0 aliphatic heterocycles. The Bertz CT molecular complexity index is 1240. The van der Waals surface area contributed by atoms with Crippen molar-refractivity contribution in [1.29, 1.82) is 0 Å². The normalized spacial score (nSPS) is 30.9. The second kappa shape index (κ2) is 7.64. The van der Waals surface area contributed by atoms with Crippen molar-refractivity contribution in [3.05, 3.63) is 51.5 Å². The van der Waals surface area contributed by atoms with E-state index < -0.39 is 75.1 Å². The first-order valence-electron chi connectivity index (χ1n) is 11.2. The van der Waals surface area contributed by atoms with E-state index in [9.17, 15) is 39.9 Å². The number of primary amides is 1. The number of carbonyl (C=O) groups is 3. The Labute approximate surface area is 202 Å². The van der Waals surface area contributed by atoms with Gasteiger partial charge in [-0.25, -0.2) is 0 Å². The maximum absolute atomic E-state index is 13.7. The van der Waals surface area contributed by atoms with Crippen LogP contribution in [0.15, 0.2) is 34.8 Å². The van der Waals surface area contributed by atoms with Gasteiger partial charge in [-0.15, -0.1) is 0 Å². The van der Waals surface area contributed by atoms with Crippen molar-refractivity contribution in [2.75, 3.05) is 14.1 Å². The van der Waals surface area contributed by atoms with Crippen LogP contribution in [0.5, 0.6) is 5.75 Å². The average Bonchev–Trinajstić information content (AvgIpc) is 2.72. The molecule has 0 aromatic heterocycles. The number of likely N-dealkylation sites (N-methyl/N-ethyl adjacent to an activating group) is 1. The van der Waals surface area contributed by atoms with E-state index in [4.69, 9.17) is 5.73 Å². The number of aliphatic hydroxyl groups is 4. The topological polar surface area (TPSA) is 182 Å². The van der Waals surface area contributed by atoms with Crippen LogP contribution in [0.1, 0.15) is 42.3 Å². The third kappa shape index (κ3) is 3.17. The molecule has 0 bridgehead atoms. The molecule has 3 aliphatic rings. The van der Waals surface area contributed by atoms with Gasteiger partial charge in [0.2, 0.25) is 5.78 Å². The van der Waals surface area contributed by atoms with Gasteiger partial charge < -0.3 is 31.3 Å². The van der Waals surface area contributed by atoms with Gasteiger partial charge in [0.05, 0.1) is 23.6 Å². The summed E-state index contributed by atoms with van der Waals surface area (Å²) in [5.41, 5.74) is 1.40. The molecule has 10 heteroatoms. The molecule has 35 heavy (non-hydrogen) atoms. The van der Waals surface area contributed by atoms with E-state index in [1.165, 1.54) is 19.0 Å². The second-order valence-corrected chi connectivity index (χ2v) is 10.8. The van der Waals surface area contributed by atoms with Gasteiger partial charge in [0.25, 0.3) is 5.91 Å². The van der Waals surface area contributed by atoms with Crippen molar-refractivity contribution < 1.29 is 39.9 Å². The number of aliphatic hydroxyl groups excluding tert-OH is 3. The molecule has 1 amide bonds. The number of carbonyl (C=O) groups excluding carboxylic acids is 3. The monoisotopic (exact) mass is 486 g/mol. The number of phenolic OH excluding ortho intramolecular Hbond substituents is 1. The lowest BCUT2D eigenvalue weighted by Crippen LogP contribution is -2.68. The van der Waals surface area contributed by atoms with Crippen LogP contribution >= 0.6 is 0 Å². The highest BCUT2D eigenvalue weighted by molar-refractivity contribution is 6.25. The number of aromatic hydroxyl groups is 1. The Hall–Kier alpha value is -3.21. The summed E-state index contributed by atoms with van der Waals surface area (Å²) in [6.45, 7) is 5.56. The lowest BCUT2D eigenvalue weighted by Gasteiger charge is -2.52. The molecule has 0 radical (unpaired) electrons. The number of hydrogen-bond acceptors (Lipinski definition) is 9. The summed E-state index contributed by atoms with van der Waals surface area (Å²) < 4.78 is 0. The van der Waals surface area contributed by atoms with E-state index in [0.717, 1.165) is 0 Å². The molecular formula is C25H30N2O8. The van der Waals surface area contributed by atoms with E-state index in [-0.39, 0.29) is 17.7 Å². The lowest BCUT2D eigenvalue weighted by atomic mass is 9.57. The van der Waals surface area contributed by atoms with Gasteiger partial charge in [-0.3, -0.25) is 19.3 Å². The van der Waals surface area contributed by atoms with Crippen LogP contribution in [-0.2, 0) is 21.4 Å². The fraction of sp³-hybridized carbons (Fsp3) is 0.480. The van der Waals surface area contributed by atoms with Crippen molar-refractivity contribution in [1.82, 2.24) is 4.90 Å². The maximum atomic E-state index is 13.7. The SMILES string of the molecule is CN(C)[C@@H]1C(O)=C(C(N)=O)C(=O)[C@@]2(O)C(O)=C3C(=O)c4c(ccc(C(C)(C)C)c4O)C[C@H]3[C@H](O)[C@@H]12. The molecule has 0 fully saturated rings. The maximum Gasteiger partial charge on any atom is 0.255 e. The summed E-state index contributed by atoms with van der Waals surface area (Å²) >= 11 is 0. The van der Waals surface area contributed by atoms with Gasteiger partial charge in [-0.1, -0.05) is 32.9 Å². The number of Topliss-reactive ketones (excluding diaryl/α,β-unsaturated/α-hetero) is 2. The summed E-state index contributed by atoms with van der Waals surface area (Å²) in [5.74, 6) is -8.15. The predicted molar refractivity (Wildman–Crippen MR) is 124 cm³/mol. The molecule has 0 spiro atoms. The van der Waals surface area contributed by atoms with Crippen LogP contribution in [-0.4, -0.2) is 79.7 Å². The third-order valence-electron chi connectivity index (χ3n) is 7.49. The zero-order valence-electron chi connectivity index (χ0n) is 20.2. The van der Waals surface area contributed by atoms with E-state index in [1.807, 2.05) is 20.8 Å². The molecular weight excluding hydrogens is 456 g/mol. The minimum Gasteiger partial charge on any atom is -0.510 e. The Kier molecular flexibility index (Phi) is 5.44. The molecule has 4 rings (SSSR count). The number of nitrogens with two attached hydrogens (primary N) is 1. The van der Waals surface area contributed by atoms with Crippen LogP contribution in [0.2, 0.25) is 0 Å². The van der Waals surface area contributed by atoms with Crippen molar-refractivity contribution >= 4 is 17.5 Å². The van der Waals surface area contributed by atoms with Gasteiger partial charge in [0, 0.05) is 17.1 Å². The van der Waals surface area contributed by atoms with Crippen LogP contribution in [0.3, 0.4) is 0 Å². The molecule has 0 unspecified atom stereocenters. The lowest BCUT2D eigenvalue weighted by molar-refractivity contribution is -0.161. The Morgan fingerprint density at radius 1 is 1.14 bits per heavy atom. The van der Waals surface area contributed by atoms with Crippen LogP contribution in [0, 0.1) is 11.8 Å². The van der Waals surface area contributed by atoms with E-state index in [1.54, 1.807) is 12.1 Å². The molecule has 5 atom stereocenters. The largest absolute Gasteiger partial charge is 0.510 e. The van der Waals surface area contributed by atoms with Gasteiger partial charge in [0.15, 0.2) is 11.4 Å². The molecule has 0 saturated carbocycles. The number of phenols is 1. The Morgan fingerprint density at radius 2 is 1.74 bits per heavy atom. The minimum absolute atomic E-state index is 0.0215. The van der Waals surface area contributed by atoms with Crippen molar-refractivity contribution in [3.8, 4) is 5.75 Å². The molecule has 1 aromatic rings. The van der Waals surface area contributed by atoms with Gasteiger partial charge in [0.1, 0.15) is 22.8 Å². The zero-order valence-corrected chi connectivity index (χ0v) is 20.2. The van der Waals surface area contributed by atoms with Crippen molar-refractivity contribution in [2.24, 2.45) is 17.6 Å². The van der Waals surface area contributed by atoms with Gasteiger partial charge >= 0.3 is 0 Å². The summed E-state index contributed by atoms with van der Waals surface area (Å²) in [6, 6.07) is 2.10. The quantitative estimate of drug-likeness (QED) is 0.322. The number of amides is 1. The number of benzene rings is 1. The van der Waals surface area contributed by atoms with Crippen molar-refractivity contribution in [2.45, 2.75) is 50.4 Å². The van der Waals surface area contributed by atoms with Crippen LogP contribution in [0.25, 0.3) is 0 Å². The number of rotatable bonds is 2. The third-order valence-corrected chi connectivity index (χ3v) is 7.49. The molecule has 1 aromatic carbocycles. The summed E-state index contributed by atoms with van der Waals surface area (Å²) in [7, 11) is 2.98. The molecule has 0 heterocycles. The molecule has 7 N–H and O–H groups in total. The summed E-state index contributed by atoms with van der Waals surface area (Å²) in [6.07, 6.45) is -1.56. The first-order valence-corrected chi connectivity index (χ1v) is 11.2. The smallest absolute Gasteiger partial charge is 0.255 e. The number of fused-ring (bicyclic) bond motifs is 3. The standard InChI is InChI=1S/C25H30N2O8/c1-24(2,3)11-7-6-9-8-10-13(19(30)12(9)18(11)29)21(32)25(35)15(17(10)28)16(27(4)5)20(31)14(22(25)33)23(26)34/h6-7,10,15-17,28-29,31-32,35H,8H2,1-5H3,(H2,26,34)/t10-,15-,16+,17+,25+/m1/s1. The summed E-state index contributed by atoms with van der Waals surface area (Å²) in [4.78, 5) is 40.3. The molecule has 10 nitrogen and oxygen atoms in total. The van der Waals surface area contributed by atoms with Crippen molar-refractivity contribution in [3.63, 3.8) is 0 Å².